The van der Waals surface area contributed by atoms with Crippen LogP contribution in [0.15, 0.2) is 18.2 Å². The second kappa shape index (κ2) is 6.92. The predicted molar refractivity (Wildman–Crippen MR) is 79.7 cm³/mol. The van der Waals surface area contributed by atoms with E-state index in [0.717, 1.165) is 17.7 Å². The summed E-state index contributed by atoms with van der Waals surface area (Å²) in [4.78, 5) is 0. The number of nitrogens with two attached hydrogens (primary N) is 1. The molecule has 1 aromatic carbocycles. The maximum atomic E-state index is 9.81. The standard InChI is InChI=1S/C16H27NO2/c1-12(2)14-7-6-13(3)15(10-14)19-9-5-8-16(4,18)11-17/h6-7,10,12,18H,5,8-9,11,17H2,1-4H3. The molecule has 0 fully saturated rings. The molecule has 108 valence electrons. The molecule has 1 atom stereocenters. The summed E-state index contributed by atoms with van der Waals surface area (Å²) in [5, 5.41) is 9.81. The van der Waals surface area contributed by atoms with Crippen molar-refractivity contribution in [3.63, 3.8) is 0 Å². The van der Waals surface area contributed by atoms with Crippen LogP contribution in [0, 0.1) is 6.92 Å². The third-order valence-corrected chi connectivity index (χ3v) is 3.44. The molecular weight excluding hydrogens is 238 g/mol. The molecule has 1 aromatic rings. The van der Waals surface area contributed by atoms with Crippen LogP contribution in [0.3, 0.4) is 0 Å². The first-order valence-corrected chi connectivity index (χ1v) is 7.01. The first kappa shape index (κ1) is 16.0. The Balaban J connectivity index is 2.51. The SMILES string of the molecule is Cc1ccc(C(C)C)cc1OCCCC(C)(O)CN. The van der Waals surface area contributed by atoms with Gasteiger partial charge in [0.2, 0.25) is 0 Å². The molecule has 0 aromatic heterocycles. The zero-order chi connectivity index (χ0) is 14.5. The van der Waals surface area contributed by atoms with Crippen molar-refractivity contribution < 1.29 is 9.84 Å². The molecule has 0 amide bonds. The molecule has 0 radical (unpaired) electrons. The van der Waals surface area contributed by atoms with E-state index in [1.807, 2.05) is 0 Å². The monoisotopic (exact) mass is 265 g/mol. The molecule has 3 heteroatoms. The minimum absolute atomic E-state index is 0.287. The van der Waals surface area contributed by atoms with Crippen molar-refractivity contribution in [2.75, 3.05) is 13.2 Å². The van der Waals surface area contributed by atoms with Crippen LogP contribution in [0.25, 0.3) is 0 Å². The molecule has 0 aliphatic carbocycles. The Morgan fingerprint density at radius 2 is 2.05 bits per heavy atom. The van der Waals surface area contributed by atoms with Gasteiger partial charge in [0, 0.05) is 6.54 Å². The Labute approximate surface area is 116 Å². The summed E-state index contributed by atoms with van der Waals surface area (Å²) >= 11 is 0. The Morgan fingerprint density at radius 1 is 1.37 bits per heavy atom. The highest BCUT2D eigenvalue weighted by atomic mass is 16.5. The van der Waals surface area contributed by atoms with Crippen molar-refractivity contribution in [1.82, 2.24) is 0 Å². The number of ether oxygens (including phenoxy) is 1. The van der Waals surface area contributed by atoms with Crippen LogP contribution in [0.4, 0.5) is 0 Å². The molecule has 0 heterocycles. The fraction of sp³-hybridized carbons (Fsp3) is 0.625. The van der Waals surface area contributed by atoms with E-state index < -0.39 is 5.60 Å². The van der Waals surface area contributed by atoms with E-state index in [2.05, 4.69) is 39.0 Å². The van der Waals surface area contributed by atoms with Crippen LogP contribution < -0.4 is 10.5 Å². The molecule has 1 rings (SSSR count). The van der Waals surface area contributed by atoms with Gasteiger partial charge in [0.25, 0.3) is 0 Å². The van der Waals surface area contributed by atoms with Crippen molar-refractivity contribution in [1.29, 1.82) is 0 Å². The normalized spacial score (nSPS) is 14.5. The maximum Gasteiger partial charge on any atom is 0.122 e. The summed E-state index contributed by atoms with van der Waals surface area (Å²) in [6.07, 6.45) is 1.46. The van der Waals surface area contributed by atoms with E-state index in [0.29, 0.717) is 18.9 Å². The highest BCUT2D eigenvalue weighted by Crippen LogP contribution is 2.24. The molecule has 3 nitrogen and oxygen atoms in total. The number of aliphatic hydroxyl groups is 1. The smallest absolute Gasteiger partial charge is 0.122 e. The summed E-state index contributed by atoms with van der Waals surface area (Å²) in [6.45, 7) is 9.06. The Morgan fingerprint density at radius 3 is 2.63 bits per heavy atom. The number of benzene rings is 1. The van der Waals surface area contributed by atoms with Crippen molar-refractivity contribution in [3.05, 3.63) is 29.3 Å². The van der Waals surface area contributed by atoms with E-state index in [-0.39, 0.29) is 6.54 Å². The third-order valence-electron chi connectivity index (χ3n) is 3.44. The lowest BCUT2D eigenvalue weighted by molar-refractivity contribution is 0.0535. The molecular formula is C16H27NO2. The largest absolute Gasteiger partial charge is 0.493 e. The van der Waals surface area contributed by atoms with Crippen LogP contribution in [-0.4, -0.2) is 23.9 Å². The zero-order valence-corrected chi connectivity index (χ0v) is 12.6. The van der Waals surface area contributed by atoms with E-state index in [9.17, 15) is 5.11 Å². The van der Waals surface area contributed by atoms with Gasteiger partial charge in [-0.3, -0.25) is 0 Å². The lowest BCUT2D eigenvalue weighted by Gasteiger charge is -2.21. The topological polar surface area (TPSA) is 55.5 Å². The van der Waals surface area contributed by atoms with Gasteiger partial charge in [-0.15, -0.1) is 0 Å². The van der Waals surface area contributed by atoms with E-state index in [1.165, 1.54) is 5.56 Å². The van der Waals surface area contributed by atoms with Crippen molar-refractivity contribution in [3.8, 4) is 5.75 Å². The summed E-state index contributed by atoms with van der Waals surface area (Å²) in [5.41, 5.74) is 7.14. The molecule has 19 heavy (non-hydrogen) atoms. The maximum absolute atomic E-state index is 9.81. The summed E-state index contributed by atoms with van der Waals surface area (Å²) in [5.74, 6) is 1.44. The van der Waals surface area contributed by atoms with Crippen LogP contribution in [0.1, 0.15) is 50.7 Å². The molecule has 0 bridgehead atoms. The highest BCUT2D eigenvalue weighted by Gasteiger charge is 2.17. The number of hydrogen-bond acceptors (Lipinski definition) is 3. The molecule has 0 saturated carbocycles. The second-order valence-corrected chi connectivity index (χ2v) is 5.83. The second-order valence-electron chi connectivity index (χ2n) is 5.83. The Hall–Kier alpha value is -1.06. The summed E-state index contributed by atoms with van der Waals surface area (Å²) < 4.78 is 5.82. The van der Waals surface area contributed by atoms with E-state index >= 15 is 0 Å². The van der Waals surface area contributed by atoms with Gasteiger partial charge in [0.05, 0.1) is 12.2 Å². The molecule has 0 aliphatic rings. The van der Waals surface area contributed by atoms with E-state index in [1.54, 1.807) is 6.92 Å². The first-order chi connectivity index (χ1) is 8.85. The van der Waals surface area contributed by atoms with Gasteiger partial charge in [0.15, 0.2) is 0 Å². The lowest BCUT2D eigenvalue weighted by atomic mass is 10.0. The quantitative estimate of drug-likeness (QED) is 0.745. The van der Waals surface area contributed by atoms with E-state index in [4.69, 9.17) is 10.5 Å². The molecule has 0 aliphatic heterocycles. The van der Waals surface area contributed by atoms with Crippen LogP contribution in [0.5, 0.6) is 5.75 Å². The highest BCUT2D eigenvalue weighted by molar-refractivity contribution is 5.37. The number of rotatable bonds is 7. The average Bonchev–Trinajstić information content (AvgIpc) is 2.36. The lowest BCUT2D eigenvalue weighted by Crippen LogP contribution is -2.34. The van der Waals surface area contributed by atoms with Crippen molar-refractivity contribution in [2.45, 2.75) is 52.1 Å². The number of hydrogen-bond donors (Lipinski definition) is 2. The van der Waals surface area contributed by atoms with Gasteiger partial charge in [-0.2, -0.15) is 0 Å². The van der Waals surface area contributed by atoms with Gasteiger partial charge in [-0.25, -0.2) is 0 Å². The number of aryl methyl sites for hydroxylation is 1. The fourth-order valence-corrected chi connectivity index (χ4v) is 1.87. The average molecular weight is 265 g/mol. The third kappa shape index (κ3) is 5.21. The van der Waals surface area contributed by atoms with Gasteiger partial charge in [-0.05, 0) is 49.8 Å². The molecule has 1 unspecified atom stereocenters. The Kier molecular flexibility index (Phi) is 5.83. The van der Waals surface area contributed by atoms with Crippen LogP contribution in [0.2, 0.25) is 0 Å². The van der Waals surface area contributed by atoms with Gasteiger partial charge in [-0.1, -0.05) is 26.0 Å². The van der Waals surface area contributed by atoms with Crippen LogP contribution in [-0.2, 0) is 0 Å². The summed E-state index contributed by atoms with van der Waals surface area (Å²) in [6, 6.07) is 6.36. The van der Waals surface area contributed by atoms with Crippen LogP contribution >= 0.6 is 0 Å². The van der Waals surface area contributed by atoms with Gasteiger partial charge < -0.3 is 15.6 Å². The first-order valence-electron chi connectivity index (χ1n) is 7.01. The zero-order valence-electron chi connectivity index (χ0n) is 12.6. The van der Waals surface area contributed by atoms with Gasteiger partial charge in [0.1, 0.15) is 5.75 Å². The van der Waals surface area contributed by atoms with Crippen molar-refractivity contribution in [2.24, 2.45) is 5.73 Å². The Bertz CT molecular complexity index is 400. The fourth-order valence-electron chi connectivity index (χ4n) is 1.87. The predicted octanol–water partition coefficient (Wildman–Crippen LogP) is 2.99. The summed E-state index contributed by atoms with van der Waals surface area (Å²) in [7, 11) is 0. The molecule has 0 spiro atoms. The van der Waals surface area contributed by atoms with Gasteiger partial charge >= 0.3 is 0 Å². The minimum Gasteiger partial charge on any atom is -0.493 e. The van der Waals surface area contributed by atoms with Crippen molar-refractivity contribution >= 4 is 0 Å². The minimum atomic E-state index is -0.780. The molecule has 0 saturated heterocycles. The molecule has 3 N–H and O–H groups in total.